The zero-order chi connectivity index (χ0) is 11.4. The summed E-state index contributed by atoms with van der Waals surface area (Å²) in [7, 11) is 1.96. The van der Waals surface area contributed by atoms with Crippen LogP contribution in [0.1, 0.15) is 12.5 Å². The van der Waals surface area contributed by atoms with Gasteiger partial charge < -0.3 is 5.32 Å². The minimum Gasteiger partial charge on any atom is -0.316 e. The van der Waals surface area contributed by atoms with E-state index in [1.54, 1.807) is 0 Å². The number of benzene rings is 1. The van der Waals surface area contributed by atoms with Crippen molar-refractivity contribution in [3.63, 3.8) is 0 Å². The third-order valence-corrected chi connectivity index (χ3v) is 2.56. The van der Waals surface area contributed by atoms with Crippen LogP contribution in [0.4, 0.5) is 0 Å². The molecule has 1 aromatic heterocycles. The molecule has 0 aliphatic carbocycles. The van der Waals surface area contributed by atoms with E-state index >= 15 is 0 Å². The van der Waals surface area contributed by atoms with E-state index in [2.05, 4.69) is 41.5 Å². The molecule has 2 rings (SSSR count). The molecule has 0 amide bonds. The van der Waals surface area contributed by atoms with Gasteiger partial charge in [-0.3, -0.25) is 4.98 Å². The van der Waals surface area contributed by atoms with Gasteiger partial charge in [0, 0.05) is 29.9 Å². The van der Waals surface area contributed by atoms with Gasteiger partial charge in [0.15, 0.2) is 0 Å². The van der Waals surface area contributed by atoms with Gasteiger partial charge in [0.1, 0.15) is 0 Å². The van der Waals surface area contributed by atoms with Crippen molar-refractivity contribution in [2.45, 2.75) is 6.92 Å². The first-order valence-electron chi connectivity index (χ1n) is 5.46. The highest BCUT2D eigenvalue weighted by molar-refractivity contribution is 5.89. The van der Waals surface area contributed by atoms with E-state index in [-0.39, 0.29) is 0 Å². The number of rotatable bonds is 3. The van der Waals surface area contributed by atoms with E-state index in [0.29, 0.717) is 0 Å². The van der Waals surface area contributed by atoms with Crippen LogP contribution in [-0.2, 0) is 0 Å². The number of pyridine rings is 1. The van der Waals surface area contributed by atoms with Gasteiger partial charge in [0.2, 0.25) is 0 Å². The first kappa shape index (κ1) is 10.8. The molecule has 0 radical (unpaired) electrons. The van der Waals surface area contributed by atoms with Crippen molar-refractivity contribution in [2.75, 3.05) is 13.6 Å². The number of hydrogen-bond acceptors (Lipinski definition) is 2. The Hall–Kier alpha value is -1.67. The second-order valence-electron chi connectivity index (χ2n) is 3.97. The fraction of sp³-hybridized carbons (Fsp3) is 0.214. The average Bonchev–Trinajstić information content (AvgIpc) is 2.30. The Morgan fingerprint density at radius 3 is 2.94 bits per heavy atom. The summed E-state index contributed by atoms with van der Waals surface area (Å²) < 4.78 is 0. The Morgan fingerprint density at radius 2 is 2.12 bits per heavy atom. The zero-order valence-electron chi connectivity index (χ0n) is 9.70. The fourth-order valence-corrected chi connectivity index (χ4v) is 1.85. The SMILES string of the molecule is CNC/C(C)=C/c1cncc2ccccc12. The lowest BCUT2D eigenvalue weighted by atomic mass is 10.1. The molecule has 0 atom stereocenters. The molecule has 0 unspecified atom stereocenters. The predicted molar refractivity (Wildman–Crippen MR) is 69.3 cm³/mol. The van der Waals surface area contributed by atoms with Crippen LogP contribution in [-0.4, -0.2) is 18.6 Å². The normalized spacial score (nSPS) is 12.0. The Bertz CT molecular complexity index is 510. The average molecular weight is 212 g/mol. The summed E-state index contributed by atoms with van der Waals surface area (Å²) in [5.41, 5.74) is 2.49. The molecule has 0 aliphatic rings. The van der Waals surface area contributed by atoms with Crippen molar-refractivity contribution in [1.29, 1.82) is 0 Å². The Labute approximate surface area is 96.0 Å². The highest BCUT2D eigenvalue weighted by Gasteiger charge is 1.98. The van der Waals surface area contributed by atoms with Gasteiger partial charge in [-0.2, -0.15) is 0 Å². The molecular weight excluding hydrogens is 196 g/mol. The second-order valence-corrected chi connectivity index (χ2v) is 3.97. The van der Waals surface area contributed by atoms with Crippen LogP contribution in [0, 0.1) is 0 Å². The molecular formula is C14H16N2. The zero-order valence-corrected chi connectivity index (χ0v) is 9.70. The van der Waals surface area contributed by atoms with Gasteiger partial charge in [-0.1, -0.05) is 35.9 Å². The molecule has 1 heterocycles. The van der Waals surface area contributed by atoms with Gasteiger partial charge in [-0.15, -0.1) is 0 Å². The molecule has 0 saturated heterocycles. The van der Waals surface area contributed by atoms with E-state index < -0.39 is 0 Å². The highest BCUT2D eigenvalue weighted by atomic mass is 14.8. The summed E-state index contributed by atoms with van der Waals surface area (Å²) in [6, 6.07) is 8.33. The first-order valence-corrected chi connectivity index (χ1v) is 5.46. The summed E-state index contributed by atoms with van der Waals surface area (Å²) in [4.78, 5) is 4.26. The minimum atomic E-state index is 0.906. The Kier molecular flexibility index (Phi) is 3.32. The molecule has 0 aliphatic heterocycles. The van der Waals surface area contributed by atoms with Crippen molar-refractivity contribution >= 4 is 16.8 Å². The molecule has 0 bridgehead atoms. The number of nitrogens with one attached hydrogen (secondary N) is 1. The summed E-state index contributed by atoms with van der Waals surface area (Å²) in [5.74, 6) is 0. The monoisotopic (exact) mass is 212 g/mol. The lowest BCUT2D eigenvalue weighted by molar-refractivity contribution is 0.884. The maximum Gasteiger partial charge on any atom is 0.0346 e. The van der Waals surface area contributed by atoms with E-state index in [9.17, 15) is 0 Å². The van der Waals surface area contributed by atoms with Crippen molar-refractivity contribution < 1.29 is 0 Å². The van der Waals surface area contributed by atoms with Crippen LogP contribution in [0.3, 0.4) is 0 Å². The largest absolute Gasteiger partial charge is 0.316 e. The van der Waals surface area contributed by atoms with Crippen LogP contribution in [0.25, 0.3) is 16.8 Å². The maximum atomic E-state index is 4.26. The van der Waals surface area contributed by atoms with E-state index in [4.69, 9.17) is 0 Å². The van der Waals surface area contributed by atoms with Gasteiger partial charge in [0.25, 0.3) is 0 Å². The molecule has 82 valence electrons. The van der Waals surface area contributed by atoms with Crippen LogP contribution < -0.4 is 5.32 Å². The van der Waals surface area contributed by atoms with E-state index in [0.717, 1.165) is 6.54 Å². The van der Waals surface area contributed by atoms with Gasteiger partial charge in [-0.25, -0.2) is 0 Å². The predicted octanol–water partition coefficient (Wildman–Crippen LogP) is 2.86. The molecule has 0 spiro atoms. The molecule has 16 heavy (non-hydrogen) atoms. The summed E-state index contributed by atoms with van der Waals surface area (Å²) in [6.07, 6.45) is 6.01. The molecule has 0 fully saturated rings. The highest BCUT2D eigenvalue weighted by Crippen LogP contribution is 2.19. The molecule has 2 aromatic rings. The number of nitrogens with zero attached hydrogens (tertiary/aromatic N) is 1. The molecule has 2 nitrogen and oxygen atoms in total. The van der Waals surface area contributed by atoms with Crippen LogP contribution in [0.15, 0.2) is 42.2 Å². The first-order chi connectivity index (χ1) is 7.81. The lowest BCUT2D eigenvalue weighted by Crippen LogP contribution is -2.08. The maximum absolute atomic E-state index is 4.26. The molecule has 0 saturated carbocycles. The van der Waals surface area contributed by atoms with Crippen molar-refractivity contribution in [1.82, 2.24) is 10.3 Å². The third-order valence-electron chi connectivity index (χ3n) is 2.56. The third kappa shape index (κ3) is 2.28. The Morgan fingerprint density at radius 1 is 1.31 bits per heavy atom. The second kappa shape index (κ2) is 4.90. The Balaban J connectivity index is 2.48. The molecule has 1 aromatic carbocycles. The standard InChI is InChI=1S/C14H16N2/c1-11(8-15-2)7-13-10-16-9-12-5-3-4-6-14(12)13/h3-7,9-10,15H,8H2,1-2H3/b11-7+. The van der Waals surface area contributed by atoms with Crippen molar-refractivity contribution in [3.8, 4) is 0 Å². The van der Waals surface area contributed by atoms with Gasteiger partial charge in [0.05, 0.1) is 0 Å². The van der Waals surface area contributed by atoms with Gasteiger partial charge >= 0.3 is 0 Å². The number of hydrogen-bond donors (Lipinski definition) is 1. The van der Waals surface area contributed by atoms with Gasteiger partial charge in [-0.05, 0) is 19.4 Å². The van der Waals surface area contributed by atoms with Crippen molar-refractivity contribution in [3.05, 3.63) is 47.8 Å². The number of likely N-dealkylation sites (N-methyl/N-ethyl adjacent to an activating group) is 1. The van der Waals surface area contributed by atoms with E-state index in [1.807, 2.05) is 25.5 Å². The number of fused-ring (bicyclic) bond motifs is 1. The van der Waals surface area contributed by atoms with Crippen LogP contribution in [0.2, 0.25) is 0 Å². The number of aromatic nitrogens is 1. The lowest BCUT2D eigenvalue weighted by Gasteiger charge is -2.03. The molecule has 1 N–H and O–H groups in total. The van der Waals surface area contributed by atoms with E-state index in [1.165, 1.54) is 21.9 Å². The smallest absolute Gasteiger partial charge is 0.0346 e. The quantitative estimate of drug-likeness (QED) is 0.846. The van der Waals surface area contributed by atoms with Crippen LogP contribution >= 0.6 is 0 Å². The topological polar surface area (TPSA) is 24.9 Å². The van der Waals surface area contributed by atoms with Crippen molar-refractivity contribution in [2.24, 2.45) is 0 Å². The summed E-state index contributed by atoms with van der Waals surface area (Å²) >= 11 is 0. The minimum absolute atomic E-state index is 0.906. The fourth-order valence-electron chi connectivity index (χ4n) is 1.85. The molecule has 2 heteroatoms. The summed E-state index contributed by atoms with van der Waals surface area (Å²) in [6.45, 7) is 3.03. The van der Waals surface area contributed by atoms with Crippen LogP contribution in [0.5, 0.6) is 0 Å². The summed E-state index contributed by atoms with van der Waals surface area (Å²) in [5, 5.41) is 5.59.